The molecule has 0 N–H and O–H groups in total. The number of aromatic nitrogens is 2. The topological polar surface area (TPSA) is 81.6 Å². The second kappa shape index (κ2) is 9.23. The molecule has 0 saturated carbocycles. The Morgan fingerprint density at radius 2 is 1.97 bits per heavy atom. The van der Waals surface area contributed by atoms with E-state index in [0.29, 0.717) is 37.1 Å². The molecular formula is C22H23N3O4S. The largest absolute Gasteiger partial charge is 0.460 e. The van der Waals surface area contributed by atoms with E-state index < -0.39 is 5.97 Å². The van der Waals surface area contributed by atoms with Gasteiger partial charge in [0.15, 0.2) is 0 Å². The Bertz CT molecular complexity index is 1120. The zero-order valence-corrected chi connectivity index (χ0v) is 17.8. The fourth-order valence-corrected chi connectivity index (χ4v) is 4.02. The first-order chi connectivity index (χ1) is 14.7. The highest BCUT2D eigenvalue weighted by atomic mass is 32.1. The second-order valence-corrected chi connectivity index (χ2v) is 7.76. The van der Waals surface area contributed by atoms with Crippen LogP contribution in [0.2, 0.25) is 0 Å². The number of carbonyl (C=O) groups excluding carboxylic acids is 1. The van der Waals surface area contributed by atoms with Crippen LogP contribution in [-0.2, 0) is 17.8 Å². The monoisotopic (exact) mass is 425 g/mol. The summed E-state index contributed by atoms with van der Waals surface area (Å²) in [7, 11) is 0. The van der Waals surface area contributed by atoms with Crippen LogP contribution >= 0.6 is 11.3 Å². The lowest BCUT2D eigenvalue weighted by atomic mass is 10.1. The van der Waals surface area contributed by atoms with Crippen molar-refractivity contribution in [1.29, 1.82) is 0 Å². The summed E-state index contributed by atoms with van der Waals surface area (Å²) < 4.78 is 16.9. The van der Waals surface area contributed by atoms with Crippen LogP contribution in [0.4, 0.5) is 0 Å². The van der Waals surface area contributed by atoms with Gasteiger partial charge in [-0.05, 0) is 37.4 Å². The van der Waals surface area contributed by atoms with Crippen LogP contribution < -0.4 is 0 Å². The molecule has 4 aromatic rings. The zero-order valence-electron chi connectivity index (χ0n) is 17.0. The molecule has 0 spiro atoms. The van der Waals surface area contributed by atoms with Gasteiger partial charge in [0.05, 0.1) is 18.0 Å². The quantitative estimate of drug-likeness (QED) is 0.344. The maximum absolute atomic E-state index is 12.5. The fraction of sp³-hybridized carbons (Fsp3) is 0.318. The molecule has 7 nitrogen and oxygen atoms in total. The SMILES string of the molecule is CCCN(Cc1nnc(-c2cccs2)o1)Cc1c(C(=O)OCC)oc2ccccc12. The van der Waals surface area contributed by atoms with Crippen LogP contribution in [0.3, 0.4) is 0 Å². The standard InChI is InChI=1S/C22H23N3O4S/c1-3-11-25(14-19-23-24-21(29-19)18-10-7-12-30-18)13-16-15-8-5-6-9-17(15)28-20(16)22(26)27-4-2/h5-10,12H,3-4,11,13-14H2,1-2H3. The van der Waals surface area contributed by atoms with Crippen LogP contribution in [0, 0.1) is 0 Å². The summed E-state index contributed by atoms with van der Waals surface area (Å²) in [5.74, 6) is 0.872. The summed E-state index contributed by atoms with van der Waals surface area (Å²) in [4.78, 5) is 15.6. The average Bonchev–Trinajstić information content (AvgIpc) is 3.48. The predicted octanol–water partition coefficient (Wildman–Crippen LogP) is 5.13. The van der Waals surface area contributed by atoms with Crippen molar-refractivity contribution >= 4 is 28.3 Å². The highest BCUT2D eigenvalue weighted by Crippen LogP contribution is 2.29. The van der Waals surface area contributed by atoms with E-state index in [1.54, 1.807) is 18.3 Å². The van der Waals surface area contributed by atoms with Gasteiger partial charge in [0.2, 0.25) is 11.7 Å². The normalized spacial score (nSPS) is 11.4. The minimum atomic E-state index is -0.446. The predicted molar refractivity (Wildman–Crippen MR) is 114 cm³/mol. The third-order valence-electron chi connectivity index (χ3n) is 4.64. The number of carbonyl (C=O) groups is 1. The summed E-state index contributed by atoms with van der Waals surface area (Å²) in [5.41, 5.74) is 1.49. The molecule has 8 heteroatoms. The van der Waals surface area contributed by atoms with Gasteiger partial charge in [-0.1, -0.05) is 31.2 Å². The third kappa shape index (κ3) is 4.29. The molecule has 3 aromatic heterocycles. The Morgan fingerprint density at radius 1 is 1.10 bits per heavy atom. The van der Waals surface area contributed by atoms with Crippen molar-refractivity contribution < 1.29 is 18.4 Å². The van der Waals surface area contributed by atoms with E-state index in [-0.39, 0.29) is 5.76 Å². The maximum atomic E-state index is 12.5. The lowest BCUT2D eigenvalue weighted by Crippen LogP contribution is -2.25. The van der Waals surface area contributed by atoms with Crippen LogP contribution in [-0.4, -0.2) is 34.2 Å². The first-order valence-corrected chi connectivity index (χ1v) is 10.8. The van der Waals surface area contributed by atoms with Crippen molar-refractivity contribution in [3.8, 4) is 10.8 Å². The number of furan rings is 1. The van der Waals surface area contributed by atoms with Crippen molar-refractivity contribution in [2.24, 2.45) is 0 Å². The summed E-state index contributed by atoms with van der Waals surface area (Å²) in [6.07, 6.45) is 0.941. The molecule has 0 saturated heterocycles. The van der Waals surface area contributed by atoms with Crippen molar-refractivity contribution in [3.05, 3.63) is 59.0 Å². The Morgan fingerprint density at radius 3 is 2.73 bits per heavy atom. The minimum absolute atomic E-state index is 0.254. The number of benzene rings is 1. The number of para-hydroxylation sites is 1. The van der Waals surface area contributed by atoms with Gasteiger partial charge in [0.25, 0.3) is 5.89 Å². The molecule has 156 valence electrons. The van der Waals surface area contributed by atoms with Crippen molar-refractivity contribution in [2.45, 2.75) is 33.4 Å². The number of hydrogen-bond acceptors (Lipinski definition) is 8. The van der Waals surface area contributed by atoms with Crippen molar-refractivity contribution in [2.75, 3.05) is 13.2 Å². The van der Waals surface area contributed by atoms with E-state index >= 15 is 0 Å². The number of nitrogens with zero attached hydrogens (tertiary/aromatic N) is 3. The lowest BCUT2D eigenvalue weighted by Gasteiger charge is -2.19. The lowest BCUT2D eigenvalue weighted by molar-refractivity contribution is 0.0489. The molecule has 0 fully saturated rings. The minimum Gasteiger partial charge on any atom is -0.460 e. The molecule has 0 unspecified atom stereocenters. The molecule has 4 rings (SSSR count). The number of fused-ring (bicyclic) bond motifs is 1. The molecule has 0 aliphatic heterocycles. The van der Waals surface area contributed by atoms with Gasteiger partial charge in [-0.3, -0.25) is 4.90 Å². The summed E-state index contributed by atoms with van der Waals surface area (Å²) in [6, 6.07) is 11.5. The number of thiophene rings is 1. The average molecular weight is 426 g/mol. The first kappa shape index (κ1) is 20.3. The highest BCUT2D eigenvalue weighted by molar-refractivity contribution is 7.13. The molecule has 0 aliphatic carbocycles. The van der Waals surface area contributed by atoms with Gasteiger partial charge in [0.1, 0.15) is 5.58 Å². The van der Waals surface area contributed by atoms with Gasteiger partial charge in [-0.25, -0.2) is 4.79 Å². The highest BCUT2D eigenvalue weighted by Gasteiger charge is 2.24. The number of ether oxygens (including phenoxy) is 1. The maximum Gasteiger partial charge on any atom is 0.374 e. The summed E-state index contributed by atoms with van der Waals surface area (Å²) >= 11 is 1.56. The van der Waals surface area contributed by atoms with Gasteiger partial charge in [-0.2, -0.15) is 0 Å². The van der Waals surface area contributed by atoms with E-state index in [0.717, 1.165) is 28.8 Å². The Kier molecular flexibility index (Phi) is 6.25. The first-order valence-electron chi connectivity index (χ1n) is 9.95. The van der Waals surface area contributed by atoms with E-state index in [1.807, 2.05) is 41.8 Å². The molecule has 30 heavy (non-hydrogen) atoms. The van der Waals surface area contributed by atoms with Gasteiger partial charge in [-0.15, -0.1) is 21.5 Å². The van der Waals surface area contributed by atoms with E-state index in [2.05, 4.69) is 22.0 Å². The zero-order chi connectivity index (χ0) is 20.9. The van der Waals surface area contributed by atoms with Crippen LogP contribution in [0.25, 0.3) is 21.7 Å². The number of rotatable bonds is 9. The van der Waals surface area contributed by atoms with E-state index in [1.165, 1.54) is 0 Å². The fourth-order valence-electron chi connectivity index (χ4n) is 3.38. The second-order valence-electron chi connectivity index (χ2n) is 6.82. The van der Waals surface area contributed by atoms with Gasteiger partial charge in [0, 0.05) is 17.5 Å². The smallest absolute Gasteiger partial charge is 0.374 e. The van der Waals surface area contributed by atoms with Gasteiger partial charge >= 0.3 is 5.97 Å². The molecule has 0 radical (unpaired) electrons. The van der Waals surface area contributed by atoms with E-state index in [4.69, 9.17) is 13.6 Å². The van der Waals surface area contributed by atoms with Crippen molar-refractivity contribution in [3.63, 3.8) is 0 Å². The van der Waals surface area contributed by atoms with Crippen LogP contribution in [0.1, 0.15) is 42.3 Å². The van der Waals surface area contributed by atoms with Crippen molar-refractivity contribution in [1.82, 2.24) is 15.1 Å². The number of esters is 1. The molecular weight excluding hydrogens is 402 g/mol. The molecule has 1 aromatic carbocycles. The molecule has 3 heterocycles. The molecule has 0 bridgehead atoms. The molecule has 0 aliphatic rings. The Balaban J connectivity index is 1.61. The van der Waals surface area contributed by atoms with Crippen LogP contribution in [0.5, 0.6) is 0 Å². The third-order valence-corrected chi connectivity index (χ3v) is 5.50. The Hall–Kier alpha value is -2.97. The number of hydrogen-bond donors (Lipinski definition) is 0. The van der Waals surface area contributed by atoms with E-state index in [9.17, 15) is 4.79 Å². The van der Waals surface area contributed by atoms with Crippen LogP contribution in [0.15, 0.2) is 50.6 Å². The summed E-state index contributed by atoms with van der Waals surface area (Å²) in [6.45, 7) is 5.98. The molecule has 0 amide bonds. The van der Waals surface area contributed by atoms with Gasteiger partial charge < -0.3 is 13.6 Å². The summed E-state index contributed by atoms with van der Waals surface area (Å²) in [5, 5.41) is 11.3. The molecule has 0 atom stereocenters. The Labute approximate surface area is 178 Å².